The minimum absolute atomic E-state index is 0.358. The SMILES string of the molecule is Cc1nn(C2CC2)c(C)c1O. The number of rotatable bonds is 1. The predicted octanol–water partition coefficient (Wildman–Crippen LogP) is 1.54. The molecule has 1 aliphatic rings. The van der Waals surface area contributed by atoms with Crippen LogP contribution in [0.25, 0.3) is 0 Å². The van der Waals surface area contributed by atoms with Crippen molar-refractivity contribution in [2.24, 2.45) is 0 Å². The van der Waals surface area contributed by atoms with E-state index >= 15 is 0 Å². The van der Waals surface area contributed by atoms with E-state index in [-0.39, 0.29) is 0 Å². The number of hydrogen-bond donors (Lipinski definition) is 1. The zero-order valence-corrected chi connectivity index (χ0v) is 6.83. The van der Waals surface area contributed by atoms with Gasteiger partial charge in [0.15, 0.2) is 5.75 Å². The monoisotopic (exact) mass is 152 g/mol. The fraction of sp³-hybridized carbons (Fsp3) is 0.625. The van der Waals surface area contributed by atoms with Crippen molar-refractivity contribution in [2.75, 3.05) is 0 Å². The van der Waals surface area contributed by atoms with Crippen molar-refractivity contribution >= 4 is 0 Å². The van der Waals surface area contributed by atoms with E-state index in [0.29, 0.717) is 11.8 Å². The zero-order chi connectivity index (χ0) is 8.01. The molecule has 0 atom stereocenters. The van der Waals surface area contributed by atoms with E-state index in [2.05, 4.69) is 5.10 Å². The van der Waals surface area contributed by atoms with Gasteiger partial charge in [-0.15, -0.1) is 0 Å². The van der Waals surface area contributed by atoms with Gasteiger partial charge in [-0.3, -0.25) is 4.68 Å². The van der Waals surface area contributed by atoms with Crippen molar-refractivity contribution in [1.29, 1.82) is 0 Å². The van der Waals surface area contributed by atoms with Gasteiger partial charge in [-0.05, 0) is 26.7 Å². The van der Waals surface area contributed by atoms with Crippen LogP contribution >= 0.6 is 0 Å². The van der Waals surface area contributed by atoms with Crippen LogP contribution in [0, 0.1) is 13.8 Å². The summed E-state index contributed by atoms with van der Waals surface area (Å²) in [7, 11) is 0. The third-order valence-corrected chi connectivity index (χ3v) is 2.18. The smallest absolute Gasteiger partial charge is 0.159 e. The highest BCUT2D eigenvalue weighted by atomic mass is 16.3. The lowest BCUT2D eigenvalue weighted by Crippen LogP contribution is -1.98. The minimum atomic E-state index is 0.358. The van der Waals surface area contributed by atoms with Crippen molar-refractivity contribution in [3.05, 3.63) is 11.4 Å². The Morgan fingerprint density at radius 1 is 1.45 bits per heavy atom. The molecule has 1 fully saturated rings. The second-order valence-electron chi connectivity index (χ2n) is 3.20. The lowest BCUT2D eigenvalue weighted by molar-refractivity contribution is 0.464. The Labute approximate surface area is 65.7 Å². The molecule has 0 unspecified atom stereocenters. The Hall–Kier alpha value is -0.990. The van der Waals surface area contributed by atoms with Gasteiger partial charge in [0.25, 0.3) is 0 Å². The maximum absolute atomic E-state index is 9.42. The standard InChI is InChI=1S/C8H12N2O/c1-5-8(11)6(2)10(9-5)7-3-4-7/h7,11H,3-4H2,1-2H3. The van der Waals surface area contributed by atoms with Crippen LogP contribution in [0.4, 0.5) is 0 Å². The first-order valence-electron chi connectivity index (χ1n) is 3.95. The fourth-order valence-corrected chi connectivity index (χ4v) is 1.33. The summed E-state index contributed by atoms with van der Waals surface area (Å²) in [6, 6.07) is 0.564. The van der Waals surface area contributed by atoms with Gasteiger partial charge in [0.05, 0.1) is 11.7 Å². The van der Waals surface area contributed by atoms with Crippen LogP contribution in [-0.2, 0) is 0 Å². The molecule has 0 aromatic carbocycles. The average Bonchev–Trinajstić information content (AvgIpc) is 2.76. The first-order valence-corrected chi connectivity index (χ1v) is 3.95. The fourth-order valence-electron chi connectivity index (χ4n) is 1.33. The minimum Gasteiger partial charge on any atom is -0.504 e. The van der Waals surface area contributed by atoms with E-state index in [1.165, 1.54) is 12.8 Å². The molecule has 1 aliphatic carbocycles. The molecule has 1 aromatic rings. The summed E-state index contributed by atoms with van der Waals surface area (Å²) in [6.07, 6.45) is 2.42. The number of aromatic nitrogens is 2. The third-order valence-electron chi connectivity index (χ3n) is 2.18. The Morgan fingerprint density at radius 3 is 2.45 bits per heavy atom. The van der Waals surface area contributed by atoms with Gasteiger partial charge >= 0.3 is 0 Å². The number of aryl methyl sites for hydroxylation is 1. The largest absolute Gasteiger partial charge is 0.504 e. The summed E-state index contributed by atoms with van der Waals surface area (Å²) in [4.78, 5) is 0. The van der Waals surface area contributed by atoms with E-state index in [0.717, 1.165) is 11.4 Å². The average molecular weight is 152 g/mol. The lowest BCUT2D eigenvalue weighted by Gasteiger charge is -1.98. The number of hydrogen-bond acceptors (Lipinski definition) is 2. The van der Waals surface area contributed by atoms with Gasteiger partial charge in [0.2, 0.25) is 0 Å². The second kappa shape index (κ2) is 2.00. The number of aromatic hydroxyl groups is 1. The van der Waals surface area contributed by atoms with Crippen LogP contribution in [0.5, 0.6) is 5.75 Å². The molecule has 2 rings (SSSR count). The second-order valence-corrected chi connectivity index (χ2v) is 3.20. The first kappa shape index (κ1) is 6.70. The summed E-state index contributed by atoms with van der Waals surface area (Å²) < 4.78 is 1.94. The van der Waals surface area contributed by atoms with Crippen molar-refractivity contribution in [1.82, 2.24) is 9.78 Å². The van der Waals surface area contributed by atoms with E-state index in [4.69, 9.17) is 0 Å². The molecule has 3 nitrogen and oxygen atoms in total. The van der Waals surface area contributed by atoms with Crippen LogP contribution in [0.2, 0.25) is 0 Å². The van der Waals surface area contributed by atoms with Crippen LogP contribution in [0.15, 0.2) is 0 Å². The van der Waals surface area contributed by atoms with Crippen LogP contribution < -0.4 is 0 Å². The molecular weight excluding hydrogens is 140 g/mol. The van der Waals surface area contributed by atoms with Gasteiger partial charge in [0, 0.05) is 0 Å². The van der Waals surface area contributed by atoms with Gasteiger partial charge < -0.3 is 5.11 Å². The van der Waals surface area contributed by atoms with Crippen LogP contribution in [-0.4, -0.2) is 14.9 Å². The van der Waals surface area contributed by atoms with E-state index < -0.39 is 0 Å². The van der Waals surface area contributed by atoms with Crippen molar-refractivity contribution in [2.45, 2.75) is 32.7 Å². The molecule has 1 aromatic heterocycles. The summed E-state index contributed by atoms with van der Waals surface area (Å²) in [5, 5.41) is 13.7. The van der Waals surface area contributed by atoms with Gasteiger partial charge in [-0.1, -0.05) is 0 Å². The van der Waals surface area contributed by atoms with Crippen molar-refractivity contribution in [3.8, 4) is 5.75 Å². The highest BCUT2D eigenvalue weighted by Crippen LogP contribution is 2.37. The first-order chi connectivity index (χ1) is 5.20. The molecule has 0 bridgehead atoms. The molecule has 0 amide bonds. The third kappa shape index (κ3) is 0.914. The Kier molecular flexibility index (Phi) is 1.22. The molecule has 3 heteroatoms. The molecule has 0 saturated heterocycles. The molecule has 11 heavy (non-hydrogen) atoms. The molecule has 1 saturated carbocycles. The Bertz CT molecular complexity index is 287. The van der Waals surface area contributed by atoms with E-state index in [1.807, 2.05) is 18.5 Å². The van der Waals surface area contributed by atoms with E-state index in [9.17, 15) is 5.11 Å². The quantitative estimate of drug-likeness (QED) is 0.662. The van der Waals surface area contributed by atoms with Gasteiger partial charge in [-0.25, -0.2) is 0 Å². The maximum atomic E-state index is 9.42. The van der Waals surface area contributed by atoms with Crippen molar-refractivity contribution in [3.63, 3.8) is 0 Å². The summed E-state index contributed by atoms with van der Waals surface area (Å²) in [6.45, 7) is 3.74. The highest BCUT2D eigenvalue weighted by molar-refractivity contribution is 5.30. The summed E-state index contributed by atoms with van der Waals surface area (Å²) in [5.41, 5.74) is 1.65. The highest BCUT2D eigenvalue weighted by Gasteiger charge is 2.27. The molecule has 60 valence electrons. The summed E-state index contributed by atoms with van der Waals surface area (Å²) in [5.74, 6) is 0.358. The molecular formula is C8H12N2O. The van der Waals surface area contributed by atoms with Crippen LogP contribution in [0.3, 0.4) is 0 Å². The van der Waals surface area contributed by atoms with Crippen molar-refractivity contribution < 1.29 is 5.11 Å². The van der Waals surface area contributed by atoms with Gasteiger partial charge in [-0.2, -0.15) is 5.10 Å². The topological polar surface area (TPSA) is 38.0 Å². The molecule has 0 spiro atoms. The molecule has 1 N–H and O–H groups in total. The Balaban J connectivity index is 2.46. The van der Waals surface area contributed by atoms with Gasteiger partial charge in [0.1, 0.15) is 5.69 Å². The molecule has 0 radical (unpaired) electrons. The van der Waals surface area contributed by atoms with Crippen LogP contribution in [0.1, 0.15) is 30.3 Å². The Morgan fingerprint density at radius 2 is 2.09 bits per heavy atom. The summed E-state index contributed by atoms with van der Waals surface area (Å²) >= 11 is 0. The zero-order valence-electron chi connectivity index (χ0n) is 6.83. The molecule has 1 heterocycles. The van der Waals surface area contributed by atoms with E-state index in [1.54, 1.807) is 0 Å². The number of nitrogens with zero attached hydrogens (tertiary/aromatic N) is 2. The predicted molar refractivity (Wildman–Crippen MR) is 41.6 cm³/mol. The lowest BCUT2D eigenvalue weighted by atomic mass is 10.3. The normalized spacial score (nSPS) is 17.3. The molecule has 0 aliphatic heterocycles. The maximum Gasteiger partial charge on any atom is 0.159 e.